The average molecular weight is 249 g/mol. The van der Waals surface area contributed by atoms with E-state index in [1.807, 2.05) is 13.8 Å². The van der Waals surface area contributed by atoms with Crippen LogP contribution in [-0.2, 0) is 6.54 Å². The molecule has 0 aliphatic rings. The average Bonchev–Trinajstić information content (AvgIpc) is 2.83. The van der Waals surface area contributed by atoms with Crippen molar-refractivity contribution in [2.24, 2.45) is 5.73 Å². The maximum atomic E-state index is 10.2. The van der Waals surface area contributed by atoms with Gasteiger partial charge < -0.3 is 20.1 Å². The number of benzene rings is 1. The quantitative estimate of drug-likeness (QED) is 0.856. The van der Waals surface area contributed by atoms with Gasteiger partial charge in [0.25, 0.3) is 0 Å². The van der Waals surface area contributed by atoms with Crippen LogP contribution in [-0.4, -0.2) is 22.4 Å². The molecule has 1 aromatic heterocycles. The SMILES string of the molecule is COc1c(C)c(C)cc(-c2noc(CN)n2)c1O. The van der Waals surface area contributed by atoms with Crippen molar-refractivity contribution < 1.29 is 14.4 Å². The summed E-state index contributed by atoms with van der Waals surface area (Å²) >= 11 is 0. The van der Waals surface area contributed by atoms with E-state index in [0.29, 0.717) is 23.0 Å². The summed E-state index contributed by atoms with van der Waals surface area (Å²) < 4.78 is 10.1. The van der Waals surface area contributed by atoms with Crippen LogP contribution < -0.4 is 10.5 Å². The Bertz CT molecular complexity index is 578. The van der Waals surface area contributed by atoms with Crippen molar-refractivity contribution in [3.8, 4) is 22.9 Å². The van der Waals surface area contributed by atoms with E-state index in [0.717, 1.165) is 11.1 Å². The Kier molecular flexibility index (Phi) is 3.20. The molecular weight excluding hydrogens is 234 g/mol. The van der Waals surface area contributed by atoms with Gasteiger partial charge in [0.15, 0.2) is 11.5 Å². The molecule has 0 fully saturated rings. The predicted octanol–water partition coefficient (Wildman–Crippen LogP) is 1.53. The zero-order valence-corrected chi connectivity index (χ0v) is 10.5. The van der Waals surface area contributed by atoms with Gasteiger partial charge in [0, 0.05) is 0 Å². The number of methoxy groups -OCH3 is 1. The standard InChI is InChI=1S/C12H15N3O3/c1-6-4-8(10(16)11(17-3)7(6)2)12-14-9(5-13)18-15-12/h4,16H,5,13H2,1-3H3. The number of hydrogen-bond acceptors (Lipinski definition) is 6. The van der Waals surface area contributed by atoms with Crippen molar-refractivity contribution in [2.45, 2.75) is 20.4 Å². The van der Waals surface area contributed by atoms with Gasteiger partial charge in [0.2, 0.25) is 11.7 Å². The molecule has 1 heterocycles. The minimum Gasteiger partial charge on any atom is -0.504 e. The highest BCUT2D eigenvalue weighted by Crippen LogP contribution is 2.39. The summed E-state index contributed by atoms with van der Waals surface area (Å²) in [7, 11) is 1.51. The molecule has 1 aromatic carbocycles. The Morgan fingerprint density at radius 3 is 2.72 bits per heavy atom. The predicted molar refractivity (Wildman–Crippen MR) is 65.3 cm³/mol. The summed E-state index contributed by atoms with van der Waals surface area (Å²) in [6, 6.07) is 1.79. The van der Waals surface area contributed by atoms with E-state index in [-0.39, 0.29) is 12.3 Å². The Balaban J connectivity index is 2.60. The van der Waals surface area contributed by atoms with Crippen LogP contribution in [0.4, 0.5) is 0 Å². The van der Waals surface area contributed by atoms with E-state index >= 15 is 0 Å². The first-order valence-electron chi connectivity index (χ1n) is 5.48. The fourth-order valence-corrected chi connectivity index (χ4v) is 1.74. The minimum absolute atomic E-state index is 0.00460. The highest BCUT2D eigenvalue weighted by Gasteiger charge is 2.18. The van der Waals surface area contributed by atoms with Gasteiger partial charge in [0.05, 0.1) is 19.2 Å². The second-order valence-corrected chi connectivity index (χ2v) is 3.96. The van der Waals surface area contributed by atoms with Crippen molar-refractivity contribution in [3.63, 3.8) is 0 Å². The van der Waals surface area contributed by atoms with Crippen molar-refractivity contribution in [1.82, 2.24) is 10.1 Å². The summed E-state index contributed by atoms with van der Waals surface area (Å²) in [5, 5.41) is 13.9. The fourth-order valence-electron chi connectivity index (χ4n) is 1.74. The van der Waals surface area contributed by atoms with E-state index in [4.69, 9.17) is 15.0 Å². The normalized spacial score (nSPS) is 10.7. The summed E-state index contributed by atoms with van der Waals surface area (Å²) in [6.45, 7) is 3.96. The number of ether oxygens (including phenoxy) is 1. The summed E-state index contributed by atoms with van der Waals surface area (Å²) in [4.78, 5) is 4.09. The number of hydrogen-bond donors (Lipinski definition) is 2. The number of rotatable bonds is 3. The Morgan fingerprint density at radius 1 is 1.44 bits per heavy atom. The largest absolute Gasteiger partial charge is 0.504 e. The van der Waals surface area contributed by atoms with Crippen LogP contribution >= 0.6 is 0 Å². The van der Waals surface area contributed by atoms with Crippen LogP contribution in [0.2, 0.25) is 0 Å². The number of nitrogens with two attached hydrogens (primary N) is 1. The third-order valence-electron chi connectivity index (χ3n) is 2.85. The van der Waals surface area contributed by atoms with Gasteiger partial charge in [-0.25, -0.2) is 0 Å². The molecule has 0 unspecified atom stereocenters. The lowest BCUT2D eigenvalue weighted by Gasteiger charge is -2.12. The molecule has 2 aromatic rings. The fraction of sp³-hybridized carbons (Fsp3) is 0.333. The number of aromatic hydroxyl groups is 1. The summed E-state index contributed by atoms with van der Waals surface area (Å²) in [6.07, 6.45) is 0. The molecule has 0 saturated heterocycles. The molecular formula is C12H15N3O3. The molecule has 3 N–H and O–H groups in total. The Morgan fingerprint density at radius 2 is 2.17 bits per heavy atom. The second kappa shape index (κ2) is 4.66. The lowest BCUT2D eigenvalue weighted by molar-refractivity contribution is 0.369. The molecule has 0 radical (unpaired) electrons. The molecule has 0 spiro atoms. The van der Waals surface area contributed by atoms with Crippen LogP contribution in [0, 0.1) is 13.8 Å². The van der Waals surface area contributed by atoms with Gasteiger partial charge in [-0.3, -0.25) is 0 Å². The molecule has 2 rings (SSSR count). The molecule has 18 heavy (non-hydrogen) atoms. The number of phenols is 1. The Labute approximate surface area is 104 Å². The summed E-state index contributed by atoms with van der Waals surface area (Å²) in [5.74, 6) is 1.05. The van der Waals surface area contributed by atoms with Crippen LogP contribution in [0.5, 0.6) is 11.5 Å². The highest BCUT2D eigenvalue weighted by atomic mass is 16.5. The Hall–Kier alpha value is -2.08. The maximum Gasteiger partial charge on any atom is 0.240 e. The number of aromatic nitrogens is 2. The molecule has 0 bridgehead atoms. The third-order valence-corrected chi connectivity index (χ3v) is 2.85. The molecule has 0 aliphatic heterocycles. The molecule has 96 valence electrons. The lowest BCUT2D eigenvalue weighted by Crippen LogP contribution is -1.96. The second-order valence-electron chi connectivity index (χ2n) is 3.96. The molecule has 6 heteroatoms. The zero-order valence-electron chi connectivity index (χ0n) is 10.5. The molecule has 0 aliphatic carbocycles. The van der Waals surface area contributed by atoms with Crippen molar-refractivity contribution in [3.05, 3.63) is 23.1 Å². The van der Waals surface area contributed by atoms with Gasteiger partial charge in [-0.1, -0.05) is 5.16 Å². The van der Waals surface area contributed by atoms with Crippen LogP contribution in [0.1, 0.15) is 17.0 Å². The number of aryl methyl sites for hydroxylation is 1. The first-order chi connectivity index (χ1) is 8.58. The van der Waals surface area contributed by atoms with E-state index in [9.17, 15) is 5.11 Å². The van der Waals surface area contributed by atoms with Gasteiger partial charge >= 0.3 is 0 Å². The first kappa shape index (κ1) is 12.4. The topological polar surface area (TPSA) is 94.4 Å². The number of nitrogens with zero attached hydrogens (tertiary/aromatic N) is 2. The van der Waals surface area contributed by atoms with Crippen molar-refractivity contribution in [2.75, 3.05) is 7.11 Å². The van der Waals surface area contributed by atoms with Gasteiger partial charge in [-0.2, -0.15) is 4.98 Å². The molecule has 0 atom stereocenters. The lowest BCUT2D eigenvalue weighted by atomic mass is 10.0. The highest BCUT2D eigenvalue weighted by molar-refractivity contribution is 5.71. The zero-order chi connectivity index (χ0) is 13.3. The van der Waals surface area contributed by atoms with Gasteiger partial charge in [-0.15, -0.1) is 0 Å². The number of phenolic OH excluding ortho intramolecular Hbond substituents is 1. The summed E-state index contributed by atoms with van der Waals surface area (Å²) in [5.41, 5.74) is 7.72. The van der Waals surface area contributed by atoms with Gasteiger partial charge in [0.1, 0.15) is 0 Å². The smallest absolute Gasteiger partial charge is 0.240 e. The first-order valence-corrected chi connectivity index (χ1v) is 5.48. The molecule has 0 amide bonds. The third kappa shape index (κ3) is 1.91. The molecule has 6 nitrogen and oxygen atoms in total. The van der Waals surface area contributed by atoms with Crippen LogP contribution in [0.15, 0.2) is 10.6 Å². The van der Waals surface area contributed by atoms with Crippen molar-refractivity contribution in [1.29, 1.82) is 0 Å². The van der Waals surface area contributed by atoms with Crippen molar-refractivity contribution >= 4 is 0 Å². The van der Waals surface area contributed by atoms with E-state index in [1.165, 1.54) is 7.11 Å². The van der Waals surface area contributed by atoms with E-state index in [1.54, 1.807) is 6.07 Å². The van der Waals surface area contributed by atoms with Crippen LogP contribution in [0.25, 0.3) is 11.4 Å². The van der Waals surface area contributed by atoms with Gasteiger partial charge in [-0.05, 0) is 31.0 Å². The monoisotopic (exact) mass is 249 g/mol. The van der Waals surface area contributed by atoms with Crippen LogP contribution in [0.3, 0.4) is 0 Å². The molecule has 0 saturated carbocycles. The van der Waals surface area contributed by atoms with E-state index < -0.39 is 0 Å². The minimum atomic E-state index is 0.00460. The van der Waals surface area contributed by atoms with E-state index in [2.05, 4.69) is 10.1 Å². The maximum absolute atomic E-state index is 10.2.